The van der Waals surface area contributed by atoms with E-state index in [1.54, 1.807) is 0 Å². The van der Waals surface area contributed by atoms with Gasteiger partial charge in [0.1, 0.15) is 0 Å². The lowest BCUT2D eigenvalue weighted by Gasteiger charge is -2.44. The highest BCUT2D eigenvalue weighted by molar-refractivity contribution is 5.94. The summed E-state index contributed by atoms with van der Waals surface area (Å²) in [5.74, 6) is 0.626. The number of morpholine rings is 2. The van der Waals surface area contributed by atoms with Crippen LogP contribution in [0.1, 0.15) is 35.7 Å². The van der Waals surface area contributed by atoms with Gasteiger partial charge >= 0.3 is 0 Å². The first-order valence-electron chi connectivity index (χ1n) is 7.76. The summed E-state index contributed by atoms with van der Waals surface area (Å²) in [6.45, 7) is 7.54. The molecule has 2 heterocycles. The molecule has 4 heteroatoms. The number of carbonyl (C=O) groups excluding carboxylic acids is 1. The summed E-state index contributed by atoms with van der Waals surface area (Å²) in [5, 5.41) is 0. The third-order valence-electron chi connectivity index (χ3n) is 4.38. The Bertz CT molecular complexity index is 494. The lowest BCUT2D eigenvalue weighted by molar-refractivity contribution is -0.124. The van der Waals surface area contributed by atoms with Crippen molar-refractivity contribution in [3.63, 3.8) is 0 Å². The highest BCUT2D eigenvalue weighted by atomic mass is 16.5. The number of nitrogens with zero attached hydrogens (tertiary/aromatic N) is 2. The summed E-state index contributed by atoms with van der Waals surface area (Å²) in [6, 6.07) is 8.03. The quantitative estimate of drug-likeness (QED) is 0.834. The molecule has 3 rings (SSSR count). The average molecular weight is 288 g/mol. The van der Waals surface area contributed by atoms with Crippen LogP contribution < -0.4 is 0 Å². The monoisotopic (exact) mass is 288 g/mol. The van der Waals surface area contributed by atoms with Gasteiger partial charge in [-0.2, -0.15) is 0 Å². The first-order valence-corrected chi connectivity index (χ1v) is 7.76. The van der Waals surface area contributed by atoms with E-state index in [4.69, 9.17) is 4.74 Å². The fourth-order valence-electron chi connectivity index (χ4n) is 3.25. The Morgan fingerprint density at radius 2 is 1.67 bits per heavy atom. The summed E-state index contributed by atoms with van der Waals surface area (Å²) in [6.07, 6.45) is 0.308. The molecule has 0 radical (unpaired) electrons. The van der Waals surface area contributed by atoms with Crippen LogP contribution in [0.5, 0.6) is 0 Å². The average Bonchev–Trinajstić information content (AvgIpc) is 2.45. The SMILES string of the molecule is CC(C)c1ccc(C(=O)N2CC3CN(C)CC(C2)O3)cc1. The number of likely N-dealkylation sites (N-methyl/N-ethyl adjacent to an activating group) is 1. The molecule has 2 aliphatic heterocycles. The van der Waals surface area contributed by atoms with Gasteiger partial charge in [0.25, 0.3) is 5.91 Å². The van der Waals surface area contributed by atoms with Crippen molar-refractivity contribution in [2.75, 3.05) is 33.2 Å². The zero-order valence-electron chi connectivity index (χ0n) is 13.1. The van der Waals surface area contributed by atoms with Crippen LogP contribution in [0.4, 0.5) is 0 Å². The fourth-order valence-corrected chi connectivity index (χ4v) is 3.25. The summed E-state index contributed by atoms with van der Waals surface area (Å²) < 4.78 is 5.92. The molecule has 114 valence electrons. The second-order valence-corrected chi connectivity index (χ2v) is 6.59. The molecule has 2 unspecified atom stereocenters. The number of ether oxygens (including phenoxy) is 1. The predicted molar refractivity (Wildman–Crippen MR) is 82.6 cm³/mol. The maximum absolute atomic E-state index is 12.7. The van der Waals surface area contributed by atoms with E-state index in [2.05, 4.69) is 37.9 Å². The first-order chi connectivity index (χ1) is 10.0. The largest absolute Gasteiger partial charge is 0.369 e. The lowest BCUT2D eigenvalue weighted by atomic mass is 10.0. The van der Waals surface area contributed by atoms with E-state index in [0.29, 0.717) is 19.0 Å². The molecule has 1 aromatic carbocycles. The maximum Gasteiger partial charge on any atom is 0.254 e. The molecule has 1 aromatic rings. The normalized spacial score (nSPS) is 26.2. The number of amides is 1. The Labute approximate surface area is 126 Å². The Hall–Kier alpha value is -1.39. The minimum atomic E-state index is 0.133. The van der Waals surface area contributed by atoms with Crippen LogP contribution in [0.15, 0.2) is 24.3 Å². The Morgan fingerprint density at radius 1 is 1.10 bits per heavy atom. The lowest BCUT2D eigenvalue weighted by Crippen LogP contribution is -2.59. The molecular weight excluding hydrogens is 264 g/mol. The molecule has 21 heavy (non-hydrogen) atoms. The summed E-state index contributed by atoms with van der Waals surface area (Å²) in [7, 11) is 2.12. The second kappa shape index (κ2) is 5.78. The van der Waals surface area contributed by atoms with Gasteiger partial charge in [0.15, 0.2) is 0 Å². The molecular formula is C17H24N2O2. The topological polar surface area (TPSA) is 32.8 Å². The Morgan fingerprint density at radius 3 is 2.19 bits per heavy atom. The molecule has 0 saturated carbocycles. The number of hydrogen-bond donors (Lipinski definition) is 0. The van der Waals surface area contributed by atoms with Crippen LogP contribution in [-0.2, 0) is 4.74 Å². The van der Waals surface area contributed by atoms with E-state index < -0.39 is 0 Å². The first kappa shape index (κ1) is 14.5. The molecule has 4 nitrogen and oxygen atoms in total. The third-order valence-corrected chi connectivity index (χ3v) is 4.38. The molecule has 0 spiro atoms. The summed E-state index contributed by atoms with van der Waals surface area (Å²) in [4.78, 5) is 16.9. The molecule has 0 aromatic heterocycles. The highest BCUT2D eigenvalue weighted by Gasteiger charge is 2.35. The zero-order chi connectivity index (χ0) is 15.0. The van der Waals surface area contributed by atoms with Gasteiger partial charge in [-0.1, -0.05) is 26.0 Å². The van der Waals surface area contributed by atoms with Crippen LogP contribution in [-0.4, -0.2) is 61.1 Å². The third kappa shape index (κ3) is 3.11. The van der Waals surface area contributed by atoms with E-state index in [1.165, 1.54) is 5.56 Å². The molecule has 1 amide bonds. The molecule has 0 N–H and O–H groups in total. The molecule has 0 aliphatic carbocycles. The number of rotatable bonds is 2. The highest BCUT2D eigenvalue weighted by Crippen LogP contribution is 2.21. The van der Waals surface area contributed by atoms with Gasteiger partial charge in [-0.25, -0.2) is 0 Å². The minimum absolute atomic E-state index is 0.133. The van der Waals surface area contributed by atoms with Crippen LogP contribution in [0.25, 0.3) is 0 Å². The van der Waals surface area contributed by atoms with Crippen molar-refractivity contribution >= 4 is 5.91 Å². The Balaban J connectivity index is 1.70. The van der Waals surface area contributed by atoms with E-state index in [0.717, 1.165) is 18.7 Å². The van der Waals surface area contributed by atoms with Crippen molar-refractivity contribution in [2.45, 2.75) is 32.0 Å². The molecule has 2 aliphatic rings. The minimum Gasteiger partial charge on any atom is -0.369 e. The van der Waals surface area contributed by atoms with Crippen molar-refractivity contribution in [1.82, 2.24) is 9.80 Å². The van der Waals surface area contributed by atoms with Crippen molar-refractivity contribution < 1.29 is 9.53 Å². The Kier molecular flexibility index (Phi) is 4.00. The second-order valence-electron chi connectivity index (χ2n) is 6.59. The van der Waals surface area contributed by atoms with Gasteiger partial charge in [-0.05, 0) is 30.7 Å². The van der Waals surface area contributed by atoms with Gasteiger partial charge in [0.05, 0.1) is 12.2 Å². The number of carbonyl (C=O) groups is 1. The zero-order valence-corrected chi connectivity index (χ0v) is 13.1. The molecule has 2 atom stereocenters. The van der Waals surface area contributed by atoms with Crippen molar-refractivity contribution in [2.24, 2.45) is 0 Å². The van der Waals surface area contributed by atoms with E-state index in [9.17, 15) is 4.79 Å². The van der Waals surface area contributed by atoms with Crippen LogP contribution >= 0.6 is 0 Å². The number of hydrogen-bond acceptors (Lipinski definition) is 3. The fraction of sp³-hybridized carbons (Fsp3) is 0.588. The van der Waals surface area contributed by atoms with Crippen molar-refractivity contribution in [3.8, 4) is 0 Å². The van der Waals surface area contributed by atoms with Gasteiger partial charge in [0, 0.05) is 31.7 Å². The van der Waals surface area contributed by atoms with Gasteiger partial charge in [0.2, 0.25) is 0 Å². The summed E-state index contributed by atoms with van der Waals surface area (Å²) in [5.41, 5.74) is 2.06. The predicted octanol–water partition coefficient (Wildman–Crippen LogP) is 1.97. The van der Waals surface area contributed by atoms with Gasteiger partial charge in [-0.15, -0.1) is 0 Å². The number of benzene rings is 1. The van der Waals surface area contributed by atoms with E-state index in [-0.39, 0.29) is 18.1 Å². The molecule has 2 fully saturated rings. The summed E-state index contributed by atoms with van der Waals surface area (Å²) >= 11 is 0. The van der Waals surface area contributed by atoms with Crippen LogP contribution in [0.2, 0.25) is 0 Å². The van der Waals surface area contributed by atoms with Crippen LogP contribution in [0.3, 0.4) is 0 Å². The van der Waals surface area contributed by atoms with Gasteiger partial charge < -0.3 is 14.5 Å². The maximum atomic E-state index is 12.7. The van der Waals surface area contributed by atoms with E-state index in [1.807, 2.05) is 17.0 Å². The van der Waals surface area contributed by atoms with Crippen molar-refractivity contribution in [3.05, 3.63) is 35.4 Å². The van der Waals surface area contributed by atoms with E-state index >= 15 is 0 Å². The van der Waals surface area contributed by atoms with Gasteiger partial charge in [-0.3, -0.25) is 4.79 Å². The van der Waals surface area contributed by atoms with Crippen LogP contribution in [0, 0.1) is 0 Å². The molecule has 2 bridgehead atoms. The van der Waals surface area contributed by atoms with Crippen molar-refractivity contribution in [1.29, 1.82) is 0 Å². The molecule has 2 saturated heterocycles. The smallest absolute Gasteiger partial charge is 0.254 e. The standard InChI is InChI=1S/C17H24N2O2/c1-12(2)13-4-6-14(7-5-13)17(20)19-10-15-8-18(3)9-16(11-19)21-15/h4-7,12,15-16H,8-11H2,1-3H3. The number of fused-ring (bicyclic) bond motifs is 2.